The first-order chi connectivity index (χ1) is 9.74. The Morgan fingerprint density at radius 1 is 1.20 bits per heavy atom. The van der Waals surface area contributed by atoms with Gasteiger partial charge in [0.15, 0.2) is 0 Å². The highest BCUT2D eigenvalue weighted by Crippen LogP contribution is 2.24. The zero-order valence-corrected chi connectivity index (χ0v) is 11.7. The van der Waals surface area contributed by atoms with Crippen LogP contribution in [-0.4, -0.2) is 35.7 Å². The van der Waals surface area contributed by atoms with Gasteiger partial charge in [-0.25, -0.2) is 4.79 Å². The van der Waals surface area contributed by atoms with Crippen LogP contribution in [0, 0.1) is 0 Å². The highest BCUT2D eigenvalue weighted by atomic mass is 32.2. The Balaban J connectivity index is 1.67. The molecule has 0 saturated carbocycles. The van der Waals surface area contributed by atoms with E-state index < -0.39 is 0 Å². The van der Waals surface area contributed by atoms with E-state index in [4.69, 9.17) is 0 Å². The number of carbonyl (C=O) groups is 2. The molecule has 1 aliphatic rings. The maximum Gasteiger partial charge on any atom is 0.324 e. The van der Waals surface area contributed by atoms with Crippen LogP contribution in [0.5, 0.6) is 0 Å². The summed E-state index contributed by atoms with van der Waals surface area (Å²) in [6.45, 7) is 1.02. The molecule has 0 unspecified atom stereocenters. The summed E-state index contributed by atoms with van der Waals surface area (Å²) < 4.78 is 0. The van der Waals surface area contributed by atoms with E-state index in [-0.39, 0.29) is 17.7 Å². The quantitative estimate of drug-likeness (QED) is 0.882. The lowest BCUT2D eigenvalue weighted by atomic mass is 10.1. The summed E-state index contributed by atoms with van der Waals surface area (Å²) in [4.78, 5) is 25.6. The predicted octanol–water partition coefficient (Wildman–Crippen LogP) is 2.48. The Labute approximate surface area is 121 Å². The van der Waals surface area contributed by atoms with Crippen LogP contribution >= 0.6 is 11.8 Å². The molecule has 0 spiro atoms. The minimum Gasteiger partial charge on any atom is -0.336 e. The number of amides is 3. The lowest BCUT2D eigenvalue weighted by molar-refractivity contribution is -0.124. The van der Waals surface area contributed by atoms with Crippen LogP contribution in [0.3, 0.4) is 0 Å². The summed E-state index contributed by atoms with van der Waals surface area (Å²) >= 11 is 1.46. The van der Waals surface area contributed by atoms with Crippen molar-refractivity contribution < 1.29 is 9.59 Å². The lowest BCUT2D eigenvalue weighted by Gasteiger charge is -2.11. The van der Waals surface area contributed by atoms with Crippen molar-refractivity contribution >= 4 is 34.5 Å². The molecular weight excluding hydrogens is 272 g/mol. The van der Waals surface area contributed by atoms with Gasteiger partial charge >= 0.3 is 6.03 Å². The molecule has 0 bridgehead atoms. The minimum absolute atomic E-state index is 0.141. The average molecular weight is 286 g/mol. The number of nitrogens with zero attached hydrogens (tertiary/aromatic N) is 1. The van der Waals surface area contributed by atoms with Gasteiger partial charge in [-0.2, -0.15) is 0 Å². The number of thioether (sulfide) groups is 1. The number of rotatable bonds is 3. The second kappa shape index (κ2) is 5.54. The van der Waals surface area contributed by atoms with E-state index in [9.17, 15) is 9.59 Å². The smallest absolute Gasteiger partial charge is 0.324 e. The van der Waals surface area contributed by atoms with Gasteiger partial charge in [0.25, 0.3) is 0 Å². The van der Waals surface area contributed by atoms with E-state index in [1.807, 2.05) is 24.3 Å². The Morgan fingerprint density at radius 2 is 2.00 bits per heavy atom. The van der Waals surface area contributed by atoms with Crippen LogP contribution in [0.2, 0.25) is 0 Å². The monoisotopic (exact) mass is 286 g/mol. The molecule has 1 heterocycles. The maximum atomic E-state index is 11.9. The number of hydrogen-bond acceptors (Lipinski definition) is 3. The van der Waals surface area contributed by atoms with Crippen molar-refractivity contribution in [3.63, 3.8) is 0 Å². The third-order valence-electron chi connectivity index (χ3n) is 3.24. The van der Waals surface area contributed by atoms with Gasteiger partial charge in [-0.15, -0.1) is 11.8 Å². The Morgan fingerprint density at radius 3 is 2.75 bits per heavy atom. The molecule has 1 saturated heterocycles. The standard InChI is InChI=1S/C15H14N2O2S/c18-14(17-8-7-16-15(17)19)10-20-13-6-5-11-3-1-2-4-12(11)9-13/h1-6,9H,7-8,10H2,(H,16,19). The Kier molecular flexibility index (Phi) is 3.60. The van der Waals surface area contributed by atoms with E-state index >= 15 is 0 Å². The van der Waals surface area contributed by atoms with Gasteiger partial charge in [0.05, 0.1) is 5.75 Å². The Bertz CT molecular complexity index is 672. The largest absolute Gasteiger partial charge is 0.336 e. The van der Waals surface area contributed by atoms with Gasteiger partial charge in [0.2, 0.25) is 5.91 Å². The number of urea groups is 1. The molecule has 3 rings (SSSR count). The topological polar surface area (TPSA) is 49.4 Å². The predicted molar refractivity (Wildman–Crippen MR) is 79.8 cm³/mol. The molecule has 102 valence electrons. The zero-order chi connectivity index (χ0) is 13.9. The second-order valence-corrected chi connectivity index (χ2v) is 5.62. The first-order valence-electron chi connectivity index (χ1n) is 6.44. The molecule has 1 aliphatic heterocycles. The number of fused-ring (bicyclic) bond motifs is 1. The lowest BCUT2D eigenvalue weighted by Crippen LogP contribution is -2.35. The van der Waals surface area contributed by atoms with E-state index in [2.05, 4.69) is 23.5 Å². The zero-order valence-electron chi connectivity index (χ0n) is 10.8. The highest BCUT2D eigenvalue weighted by Gasteiger charge is 2.25. The van der Waals surface area contributed by atoms with Crippen molar-refractivity contribution in [1.29, 1.82) is 0 Å². The highest BCUT2D eigenvalue weighted by molar-refractivity contribution is 8.00. The fraction of sp³-hybridized carbons (Fsp3) is 0.200. The molecule has 0 atom stereocenters. The fourth-order valence-electron chi connectivity index (χ4n) is 2.19. The van der Waals surface area contributed by atoms with Crippen molar-refractivity contribution in [2.24, 2.45) is 0 Å². The summed E-state index contributed by atoms with van der Waals surface area (Å²) in [5, 5.41) is 4.97. The minimum atomic E-state index is -0.283. The SMILES string of the molecule is O=C(CSc1ccc2ccccc2c1)N1CCNC1=O. The van der Waals surface area contributed by atoms with Gasteiger partial charge in [0.1, 0.15) is 0 Å². The second-order valence-electron chi connectivity index (χ2n) is 4.57. The molecule has 3 amide bonds. The van der Waals surface area contributed by atoms with Crippen LogP contribution in [0.1, 0.15) is 0 Å². The first-order valence-corrected chi connectivity index (χ1v) is 7.42. The maximum absolute atomic E-state index is 11.9. The van der Waals surface area contributed by atoms with Gasteiger partial charge < -0.3 is 5.32 Å². The molecule has 5 heteroatoms. The molecule has 1 N–H and O–H groups in total. The van der Waals surface area contributed by atoms with E-state index in [0.29, 0.717) is 13.1 Å². The van der Waals surface area contributed by atoms with Crippen LogP contribution in [0.15, 0.2) is 47.4 Å². The average Bonchev–Trinajstić information content (AvgIpc) is 2.91. The fourth-order valence-corrected chi connectivity index (χ4v) is 3.01. The van der Waals surface area contributed by atoms with E-state index in [1.54, 1.807) is 0 Å². The molecule has 20 heavy (non-hydrogen) atoms. The van der Waals surface area contributed by atoms with Gasteiger partial charge in [0, 0.05) is 18.0 Å². The van der Waals surface area contributed by atoms with Crippen LogP contribution in [-0.2, 0) is 4.79 Å². The summed E-state index contributed by atoms with van der Waals surface area (Å²) in [5.74, 6) is 0.143. The molecule has 0 aromatic heterocycles. The van der Waals surface area contributed by atoms with Crippen molar-refractivity contribution in [3.8, 4) is 0 Å². The van der Waals surface area contributed by atoms with E-state index in [1.165, 1.54) is 22.0 Å². The number of benzene rings is 2. The van der Waals surface area contributed by atoms with Crippen LogP contribution in [0.25, 0.3) is 10.8 Å². The van der Waals surface area contributed by atoms with Crippen molar-refractivity contribution in [1.82, 2.24) is 10.2 Å². The number of carbonyl (C=O) groups excluding carboxylic acids is 2. The van der Waals surface area contributed by atoms with Crippen LogP contribution < -0.4 is 5.32 Å². The molecule has 1 fully saturated rings. The van der Waals surface area contributed by atoms with Crippen molar-refractivity contribution in [2.45, 2.75) is 4.90 Å². The molecule has 2 aromatic carbocycles. The number of hydrogen-bond donors (Lipinski definition) is 1. The Hall–Kier alpha value is -2.01. The summed E-state index contributed by atoms with van der Waals surface area (Å²) in [7, 11) is 0. The van der Waals surface area contributed by atoms with Gasteiger partial charge in [-0.05, 0) is 22.9 Å². The van der Waals surface area contributed by atoms with Gasteiger partial charge in [-0.3, -0.25) is 9.69 Å². The van der Waals surface area contributed by atoms with E-state index in [0.717, 1.165) is 10.3 Å². The summed E-state index contributed by atoms with van der Waals surface area (Å²) in [5.41, 5.74) is 0. The normalized spacial score (nSPS) is 14.6. The van der Waals surface area contributed by atoms with Crippen molar-refractivity contribution in [2.75, 3.05) is 18.8 Å². The molecule has 2 aromatic rings. The van der Waals surface area contributed by atoms with Crippen molar-refractivity contribution in [3.05, 3.63) is 42.5 Å². The third-order valence-corrected chi connectivity index (χ3v) is 4.22. The third kappa shape index (κ3) is 2.63. The first kappa shape index (κ1) is 13.0. The summed E-state index contributed by atoms with van der Waals surface area (Å²) in [6.07, 6.45) is 0. The molecule has 0 aliphatic carbocycles. The number of nitrogens with one attached hydrogen (secondary N) is 1. The number of imide groups is 1. The summed E-state index contributed by atoms with van der Waals surface area (Å²) in [6, 6.07) is 13.9. The van der Waals surface area contributed by atoms with Crippen LogP contribution in [0.4, 0.5) is 4.79 Å². The molecule has 4 nitrogen and oxygen atoms in total. The van der Waals surface area contributed by atoms with Gasteiger partial charge in [-0.1, -0.05) is 30.3 Å². The molecular formula is C15H14N2O2S. The molecule has 0 radical (unpaired) electrons.